The zero-order valence-corrected chi connectivity index (χ0v) is 9.74. The summed E-state index contributed by atoms with van der Waals surface area (Å²) in [6.45, 7) is 8.47. The van der Waals surface area contributed by atoms with E-state index in [1.165, 1.54) is 5.56 Å². The van der Waals surface area contributed by atoms with Gasteiger partial charge in [-0.25, -0.2) is 0 Å². The molecule has 0 saturated carbocycles. The van der Waals surface area contributed by atoms with Crippen LogP contribution in [0.25, 0.3) is 0 Å². The van der Waals surface area contributed by atoms with Gasteiger partial charge in [-0.2, -0.15) is 0 Å². The molecule has 1 heteroatoms. The highest BCUT2D eigenvalue weighted by molar-refractivity contribution is 5.13. The van der Waals surface area contributed by atoms with E-state index in [4.69, 9.17) is 6.42 Å². The summed E-state index contributed by atoms with van der Waals surface area (Å²) in [5, 5.41) is 0. The van der Waals surface area contributed by atoms with Crippen LogP contribution < -0.4 is 0 Å². The minimum atomic E-state index is 0.821. The fourth-order valence-corrected chi connectivity index (χ4v) is 1.89. The quantitative estimate of drug-likeness (QED) is 0.508. The van der Waals surface area contributed by atoms with Gasteiger partial charge in [0.2, 0.25) is 0 Å². The normalized spacial score (nSPS) is 11.0. The van der Waals surface area contributed by atoms with Crippen molar-refractivity contribution in [2.24, 2.45) is 0 Å². The summed E-state index contributed by atoms with van der Waals surface area (Å²) in [7, 11) is 0. The van der Waals surface area contributed by atoms with E-state index in [2.05, 4.69) is 50.1 Å². The smallest absolute Gasteiger partial charge is 0.140 e. The van der Waals surface area contributed by atoms with Crippen LogP contribution >= 0.6 is 0 Å². The minimum Gasteiger partial charge on any atom is -0.310 e. The molecule has 0 bridgehead atoms. The van der Waals surface area contributed by atoms with E-state index in [1.54, 1.807) is 0 Å². The number of quaternary nitrogens is 1. The van der Waals surface area contributed by atoms with E-state index in [-0.39, 0.29) is 0 Å². The van der Waals surface area contributed by atoms with Crippen molar-refractivity contribution in [1.82, 2.24) is 0 Å². The predicted molar refractivity (Wildman–Crippen MR) is 65.2 cm³/mol. The number of terminal acetylenes is 1. The number of hydrogen-bond donors (Lipinski definition) is 0. The average molecular weight is 202 g/mol. The van der Waals surface area contributed by atoms with Crippen molar-refractivity contribution in [1.29, 1.82) is 0 Å². The Kier molecular flexibility index (Phi) is 4.39. The van der Waals surface area contributed by atoms with Crippen LogP contribution in [-0.4, -0.2) is 24.1 Å². The van der Waals surface area contributed by atoms with Crippen LogP contribution in [0.15, 0.2) is 30.3 Å². The summed E-state index contributed by atoms with van der Waals surface area (Å²) in [5.41, 5.74) is 1.37. The van der Waals surface area contributed by atoms with Gasteiger partial charge in [0.05, 0.1) is 13.1 Å². The first kappa shape index (κ1) is 11.8. The van der Waals surface area contributed by atoms with Crippen LogP contribution in [0.2, 0.25) is 0 Å². The lowest BCUT2D eigenvalue weighted by Gasteiger charge is -2.35. The second-order valence-corrected chi connectivity index (χ2v) is 3.98. The van der Waals surface area contributed by atoms with E-state index in [9.17, 15) is 0 Å². The summed E-state index contributed by atoms with van der Waals surface area (Å²) >= 11 is 0. The Morgan fingerprint density at radius 2 is 1.73 bits per heavy atom. The second-order valence-electron chi connectivity index (χ2n) is 3.98. The van der Waals surface area contributed by atoms with Gasteiger partial charge in [-0.1, -0.05) is 30.3 Å². The highest BCUT2D eigenvalue weighted by Crippen LogP contribution is 2.13. The van der Waals surface area contributed by atoms with Gasteiger partial charge in [-0.05, 0) is 19.8 Å². The largest absolute Gasteiger partial charge is 0.310 e. The van der Waals surface area contributed by atoms with Gasteiger partial charge in [0.15, 0.2) is 0 Å². The lowest BCUT2D eigenvalue weighted by Crippen LogP contribution is -2.47. The molecular weight excluding hydrogens is 182 g/mol. The molecule has 0 aliphatic rings. The molecule has 0 fully saturated rings. The van der Waals surface area contributed by atoms with Crippen LogP contribution in [0, 0.1) is 12.3 Å². The molecule has 0 atom stereocenters. The summed E-state index contributed by atoms with van der Waals surface area (Å²) in [6.07, 6.45) is 5.45. The van der Waals surface area contributed by atoms with E-state index < -0.39 is 0 Å². The maximum absolute atomic E-state index is 5.45. The Morgan fingerprint density at radius 3 is 2.20 bits per heavy atom. The number of rotatable bonds is 5. The van der Waals surface area contributed by atoms with Gasteiger partial charge < -0.3 is 4.48 Å². The van der Waals surface area contributed by atoms with Crippen molar-refractivity contribution >= 4 is 0 Å². The Bertz CT molecular complexity index is 317. The summed E-state index contributed by atoms with van der Waals surface area (Å²) in [5.74, 6) is 2.80. The predicted octanol–water partition coefficient (Wildman–Crippen LogP) is 2.68. The standard InChI is InChI=1S/C14H20N/c1-4-12-15(5-2,6-3)13-14-10-8-7-9-11-14/h1,7-11H,5-6,12-13H2,2-3H3/q+1. The fourth-order valence-electron chi connectivity index (χ4n) is 1.89. The molecule has 0 unspecified atom stereocenters. The number of nitrogens with zero attached hydrogens (tertiary/aromatic N) is 1. The minimum absolute atomic E-state index is 0.821. The lowest BCUT2D eigenvalue weighted by atomic mass is 10.2. The molecule has 80 valence electrons. The summed E-state index contributed by atoms with van der Waals surface area (Å²) in [6, 6.07) is 10.6. The number of benzene rings is 1. The van der Waals surface area contributed by atoms with E-state index in [0.29, 0.717) is 0 Å². The van der Waals surface area contributed by atoms with Crippen molar-refractivity contribution in [2.75, 3.05) is 19.6 Å². The van der Waals surface area contributed by atoms with Gasteiger partial charge in [-0.15, -0.1) is 6.42 Å². The van der Waals surface area contributed by atoms with Crippen molar-refractivity contribution in [3.8, 4) is 12.3 Å². The van der Waals surface area contributed by atoms with Gasteiger partial charge in [0, 0.05) is 5.56 Å². The zero-order valence-electron chi connectivity index (χ0n) is 9.74. The molecule has 1 nitrogen and oxygen atoms in total. The Morgan fingerprint density at radius 1 is 1.13 bits per heavy atom. The summed E-state index contributed by atoms with van der Waals surface area (Å²) < 4.78 is 0.987. The van der Waals surface area contributed by atoms with E-state index in [0.717, 1.165) is 30.7 Å². The molecule has 1 rings (SSSR count). The average Bonchev–Trinajstić information content (AvgIpc) is 2.30. The van der Waals surface area contributed by atoms with Crippen LogP contribution in [0.3, 0.4) is 0 Å². The molecule has 0 aromatic heterocycles. The molecule has 15 heavy (non-hydrogen) atoms. The van der Waals surface area contributed by atoms with Crippen molar-refractivity contribution in [3.05, 3.63) is 35.9 Å². The fraction of sp³-hybridized carbons (Fsp3) is 0.429. The van der Waals surface area contributed by atoms with Gasteiger partial charge in [0.25, 0.3) is 0 Å². The Balaban J connectivity index is 2.80. The molecule has 1 aromatic carbocycles. The lowest BCUT2D eigenvalue weighted by molar-refractivity contribution is -0.931. The zero-order chi connectivity index (χ0) is 11.1. The Labute approximate surface area is 93.3 Å². The van der Waals surface area contributed by atoms with Gasteiger partial charge in [0.1, 0.15) is 13.1 Å². The molecule has 0 aliphatic heterocycles. The van der Waals surface area contributed by atoms with Crippen LogP contribution in [0.5, 0.6) is 0 Å². The molecule has 0 saturated heterocycles. The first-order chi connectivity index (χ1) is 7.26. The van der Waals surface area contributed by atoms with E-state index in [1.807, 2.05) is 0 Å². The monoisotopic (exact) mass is 202 g/mol. The van der Waals surface area contributed by atoms with Crippen LogP contribution in [-0.2, 0) is 6.54 Å². The third kappa shape index (κ3) is 3.11. The van der Waals surface area contributed by atoms with E-state index >= 15 is 0 Å². The van der Waals surface area contributed by atoms with Crippen LogP contribution in [0.1, 0.15) is 19.4 Å². The second kappa shape index (κ2) is 5.58. The molecule has 0 aliphatic carbocycles. The van der Waals surface area contributed by atoms with Crippen molar-refractivity contribution in [2.45, 2.75) is 20.4 Å². The maximum Gasteiger partial charge on any atom is 0.140 e. The molecule has 0 spiro atoms. The van der Waals surface area contributed by atoms with Gasteiger partial charge in [-0.3, -0.25) is 0 Å². The SMILES string of the molecule is C#CC[N+](CC)(CC)Cc1ccccc1. The van der Waals surface area contributed by atoms with Gasteiger partial charge >= 0.3 is 0 Å². The third-order valence-electron chi connectivity index (χ3n) is 3.13. The highest BCUT2D eigenvalue weighted by atomic mass is 15.3. The third-order valence-corrected chi connectivity index (χ3v) is 3.13. The van der Waals surface area contributed by atoms with Crippen molar-refractivity contribution < 1.29 is 4.48 Å². The molecule has 0 radical (unpaired) electrons. The molecule has 0 N–H and O–H groups in total. The molecule has 1 aromatic rings. The highest BCUT2D eigenvalue weighted by Gasteiger charge is 2.21. The Hall–Kier alpha value is -1.26. The van der Waals surface area contributed by atoms with Crippen molar-refractivity contribution in [3.63, 3.8) is 0 Å². The maximum atomic E-state index is 5.45. The summed E-state index contributed by atoms with van der Waals surface area (Å²) in [4.78, 5) is 0. The first-order valence-electron chi connectivity index (χ1n) is 5.59. The molecule has 0 amide bonds. The molecular formula is C14H20N+. The first-order valence-corrected chi connectivity index (χ1v) is 5.59. The topological polar surface area (TPSA) is 0 Å². The number of hydrogen-bond acceptors (Lipinski definition) is 0. The van der Waals surface area contributed by atoms with Crippen LogP contribution in [0.4, 0.5) is 0 Å². The molecule has 0 heterocycles.